The number of aliphatic hydroxyl groups excluding tert-OH is 1. The highest BCUT2D eigenvalue weighted by atomic mass is 16.6. The number of ether oxygens (including phenoxy) is 2. The van der Waals surface area contributed by atoms with Crippen molar-refractivity contribution in [3.05, 3.63) is 23.9 Å². The van der Waals surface area contributed by atoms with E-state index in [0.29, 0.717) is 12.3 Å². The van der Waals surface area contributed by atoms with E-state index in [1.807, 2.05) is 12.1 Å². The zero-order chi connectivity index (χ0) is 15.2. The van der Waals surface area contributed by atoms with Crippen LogP contribution in [0.2, 0.25) is 0 Å². The van der Waals surface area contributed by atoms with Gasteiger partial charge in [0.1, 0.15) is 5.60 Å². The van der Waals surface area contributed by atoms with E-state index in [2.05, 4.69) is 10.3 Å². The number of aromatic nitrogens is 1. The summed E-state index contributed by atoms with van der Waals surface area (Å²) in [5.74, 6) is 0.497. The van der Waals surface area contributed by atoms with E-state index < -0.39 is 17.7 Å². The van der Waals surface area contributed by atoms with Gasteiger partial charge >= 0.3 is 6.09 Å². The number of carbonyl (C=O) groups excluding carboxylic acids is 1. The molecular formula is C14H22N2O4. The lowest BCUT2D eigenvalue weighted by Crippen LogP contribution is -2.42. The van der Waals surface area contributed by atoms with E-state index >= 15 is 0 Å². The van der Waals surface area contributed by atoms with Crippen LogP contribution in [-0.4, -0.2) is 41.5 Å². The average molecular weight is 282 g/mol. The van der Waals surface area contributed by atoms with Gasteiger partial charge in [0.15, 0.2) is 0 Å². The van der Waals surface area contributed by atoms with Crippen LogP contribution in [0.1, 0.15) is 26.5 Å². The molecule has 112 valence electrons. The molecule has 0 unspecified atom stereocenters. The van der Waals surface area contributed by atoms with E-state index in [1.165, 1.54) is 7.11 Å². The Morgan fingerprint density at radius 2 is 2.15 bits per heavy atom. The molecule has 0 aliphatic carbocycles. The summed E-state index contributed by atoms with van der Waals surface area (Å²) >= 11 is 0. The van der Waals surface area contributed by atoms with Crippen LogP contribution >= 0.6 is 0 Å². The van der Waals surface area contributed by atoms with Crippen molar-refractivity contribution in [1.29, 1.82) is 0 Å². The van der Waals surface area contributed by atoms with Crippen LogP contribution in [0.25, 0.3) is 0 Å². The van der Waals surface area contributed by atoms with Crippen LogP contribution in [0.5, 0.6) is 5.88 Å². The molecule has 0 aromatic carbocycles. The molecular weight excluding hydrogens is 260 g/mol. The normalized spacial score (nSPS) is 12.7. The minimum Gasteiger partial charge on any atom is -0.481 e. The molecule has 6 nitrogen and oxygen atoms in total. The number of methoxy groups -OCH3 is 1. The third-order valence-corrected chi connectivity index (χ3v) is 2.39. The van der Waals surface area contributed by atoms with Gasteiger partial charge in [-0.2, -0.15) is 0 Å². The molecule has 0 aliphatic heterocycles. The number of hydrogen-bond acceptors (Lipinski definition) is 5. The highest BCUT2D eigenvalue weighted by Gasteiger charge is 2.19. The topological polar surface area (TPSA) is 80.7 Å². The minimum absolute atomic E-state index is 0.196. The Balaban J connectivity index is 2.60. The Labute approximate surface area is 119 Å². The van der Waals surface area contributed by atoms with Gasteiger partial charge in [0.05, 0.1) is 19.8 Å². The summed E-state index contributed by atoms with van der Waals surface area (Å²) in [7, 11) is 1.54. The van der Waals surface area contributed by atoms with E-state index in [0.717, 1.165) is 5.69 Å². The Morgan fingerprint density at radius 1 is 1.45 bits per heavy atom. The summed E-state index contributed by atoms with van der Waals surface area (Å²) < 4.78 is 10.2. The van der Waals surface area contributed by atoms with Crippen LogP contribution in [0, 0.1) is 0 Å². The quantitative estimate of drug-likeness (QED) is 0.855. The van der Waals surface area contributed by atoms with Crippen molar-refractivity contribution in [1.82, 2.24) is 10.3 Å². The van der Waals surface area contributed by atoms with Crippen LogP contribution in [0.3, 0.4) is 0 Å². The fourth-order valence-electron chi connectivity index (χ4n) is 1.57. The molecule has 0 spiro atoms. The lowest BCUT2D eigenvalue weighted by molar-refractivity contribution is 0.0482. The highest BCUT2D eigenvalue weighted by Crippen LogP contribution is 2.10. The number of nitrogens with one attached hydrogen (secondary N) is 1. The third kappa shape index (κ3) is 5.88. The molecule has 1 rings (SSSR count). The molecule has 0 bridgehead atoms. The first kappa shape index (κ1) is 16.2. The van der Waals surface area contributed by atoms with Gasteiger partial charge in [-0.05, 0) is 26.8 Å². The van der Waals surface area contributed by atoms with Crippen molar-refractivity contribution in [2.45, 2.75) is 38.8 Å². The van der Waals surface area contributed by atoms with E-state index in [9.17, 15) is 9.90 Å². The SMILES string of the molecule is COc1cccc(C[C@H](CO)NC(=O)OC(C)(C)C)n1. The molecule has 0 aliphatic rings. The number of pyridine rings is 1. The Morgan fingerprint density at radius 3 is 2.70 bits per heavy atom. The van der Waals surface area contributed by atoms with Crippen molar-refractivity contribution < 1.29 is 19.4 Å². The smallest absolute Gasteiger partial charge is 0.407 e. The van der Waals surface area contributed by atoms with Gasteiger partial charge in [0.25, 0.3) is 0 Å². The summed E-state index contributed by atoms with van der Waals surface area (Å²) in [5, 5.41) is 11.9. The second-order valence-electron chi connectivity index (χ2n) is 5.40. The molecule has 1 heterocycles. The van der Waals surface area contributed by atoms with Crippen LogP contribution in [0.4, 0.5) is 4.79 Å². The number of carbonyl (C=O) groups is 1. The zero-order valence-corrected chi connectivity index (χ0v) is 12.3. The number of hydrogen-bond donors (Lipinski definition) is 2. The van der Waals surface area contributed by atoms with E-state index in [4.69, 9.17) is 9.47 Å². The lowest BCUT2D eigenvalue weighted by atomic mass is 10.1. The summed E-state index contributed by atoms with van der Waals surface area (Å²) in [6.45, 7) is 5.15. The third-order valence-electron chi connectivity index (χ3n) is 2.39. The predicted octanol–water partition coefficient (Wildman–Crippen LogP) is 1.52. The maximum atomic E-state index is 11.7. The number of alkyl carbamates (subject to hydrolysis) is 1. The summed E-state index contributed by atoms with van der Waals surface area (Å²) in [6.07, 6.45) is -0.160. The first-order chi connectivity index (χ1) is 9.34. The van der Waals surface area contributed by atoms with Gasteiger partial charge in [-0.15, -0.1) is 0 Å². The van der Waals surface area contributed by atoms with Crippen molar-refractivity contribution in [3.63, 3.8) is 0 Å². The van der Waals surface area contributed by atoms with Crippen LogP contribution < -0.4 is 10.1 Å². The second kappa shape index (κ2) is 7.09. The van der Waals surface area contributed by atoms with Gasteiger partial charge in [0, 0.05) is 18.2 Å². The van der Waals surface area contributed by atoms with E-state index in [-0.39, 0.29) is 6.61 Å². The maximum Gasteiger partial charge on any atom is 0.407 e. The number of aliphatic hydroxyl groups is 1. The van der Waals surface area contributed by atoms with Crippen molar-refractivity contribution in [2.24, 2.45) is 0 Å². The molecule has 1 aromatic heterocycles. The molecule has 0 fully saturated rings. The fourth-order valence-corrected chi connectivity index (χ4v) is 1.57. The molecule has 1 amide bonds. The van der Waals surface area contributed by atoms with Gasteiger partial charge in [-0.25, -0.2) is 9.78 Å². The molecule has 0 radical (unpaired) electrons. The van der Waals surface area contributed by atoms with Crippen molar-refractivity contribution in [3.8, 4) is 5.88 Å². The fraction of sp³-hybridized carbons (Fsp3) is 0.571. The zero-order valence-electron chi connectivity index (χ0n) is 12.3. The molecule has 2 N–H and O–H groups in total. The molecule has 1 aromatic rings. The van der Waals surface area contributed by atoms with Gasteiger partial charge in [0.2, 0.25) is 5.88 Å². The van der Waals surface area contributed by atoms with E-state index in [1.54, 1.807) is 26.8 Å². The minimum atomic E-state index is -0.571. The van der Waals surface area contributed by atoms with Crippen molar-refractivity contribution in [2.75, 3.05) is 13.7 Å². The lowest BCUT2D eigenvalue weighted by Gasteiger charge is -2.22. The summed E-state index contributed by atoms with van der Waals surface area (Å²) in [5.41, 5.74) is 0.151. The summed E-state index contributed by atoms with van der Waals surface area (Å²) in [4.78, 5) is 15.9. The maximum absolute atomic E-state index is 11.7. The number of rotatable bonds is 5. The summed E-state index contributed by atoms with van der Waals surface area (Å²) in [6, 6.07) is 4.90. The standard InChI is InChI=1S/C14H22N2O4/c1-14(2,3)20-13(18)16-11(9-17)8-10-6-5-7-12(15-10)19-4/h5-7,11,17H,8-9H2,1-4H3,(H,16,18)/t11-/m1/s1. The molecule has 1 atom stereocenters. The molecule has 0 saturated heterocycles. The Hall–Kier alpha value is -1.82. The number of nitrogens with zero attached hydrogens (tertiary/aromatic N) is 1. The number of amides is 1. The van der Waals surface area contributed by atoms with Crippen LogP contribution in [0.15, 0.2) is 18.2 Å². The van der Waals surface area contributed by atoms with Gasteiger partial charge in [-0.1, -0.05) is 6.07 Å². The first-order valence-electron chi connectivity index (χ1n) is 6.44. The van der Waals surface area contributed by atoms with Crippen molar-refractivity contribution >= 4 is 6.09 Å². The van der Waals surface area contributed by atoms with Gasteiger partial charge < -0.3 is 19.9 Å². The predicted molar refractivity (Wildman–Crippen MR) is 74.7 cm³/mol. The largest absolute Gasteiger partial charge is 0.481 e. The highest BCUT2D eigenvalue weighted by molar-refractivity contribution is 5.68. The first-order valence-corrected chi connectivity index (χ1v) is 6.44. The van der Waals surface area contributed by atoms with Gasteiger partial charge in [-0.3, -0.25) is 0 Å². The van der Waals surface area contributed by atoms with Crippen LogP contribution in [-0.2, 0) is 11.2 Å². The average Bonchev–Trinajstić information content (AvgIpc) is 2.36. The second-order valence-corrected chi connectivity index (χ2v) is 5.40. The Bertz CT molecular complexity index is 443. The Kier molecular flexibility index (Phi) is 5.76. The molecule has 0 saturated carbocycles. The molecule has 6 heteroatoms. The molecule has 20 heavy (non-hydrogen) atoms. The monoisotopic (exact) mass is 282 g/mol.